The van der Waals surface area contributed by atoms with Gasteiger partial charge in [-0.2, -0.15) is 5.10 Å². The van der Waals surface area contributed by atoms with Gasteiger partial charge >= 0.3 is 5.97 Å². The number of aromatic nitrogens is 2. The van der Waals surface area contributed by atoms with Gasteiger partial charge < -0.3 is 9.64 Å². The van der Waals surface area contributed by atoms with Gasteiger partial charge in [-0.05, 0) is 38.1 Å². The SMILES string of the molecule is Cc1nn(-c2cccc(Cl)c2)c2sc(C(=O)O[C@H](C)C(=O)N(C)C)cc12. The molecule has 26 heavy (non-hydrogen) atoms. The van der Waals surface area contributed by atoms with Crippen LogP contribution >= 0.6 is 22.9 Å². The van der Waals surface area contributed by atoms with Crippen molar-refractivity contribution in [3.05, 3.63) is 45.9 Å². The molecule has 0 aliphatic rings. The van der Waals surface area contributed by atoms with Gasteiger partial charge in [-0.1, -0.05) is 17.7 Å². The first-order chi connectivity index (χ1) is 12.3. The summed E-state index contributed by atoms with van der Waals surface area (Å²) in [6.07, 6.45) is -0.840. The Kier molecular flexibility index (Phi) is 5.02. The van der Waals surface area contributed by atoms with E-state index in [0.717, 1.165) is 21.6 Å². The Bertz CT molecular complexity index is 993. The first-order valence-corrected chi connectivity index (χ1v) is 9.14. The molecule has 1 atom stereocenters. The van der Waals surface area contributed by atoms with Crippen molar-refractivity contribution in [3.63, 3.8) is 0 Å². The van der Waals surface area contributed by atoms with Gasteiger partial charge in [0.1, 0.15) is 9.71 Å². The van der Waals surface area contributed by atoms with Crippen LogP contribution in [-0.2, 0) is 9.53 Å². The van der Waals surface area contributed by atoms with E-state index in [4.69, 9.17) is 16.3 Å². The number of halogens is 1. The zero-order valence-electron chi connectivity index (χ0n) is 14.8. The predicted octanol–water partition coefficient (Wildman–Crippen LogP) is 3.68. The Morgan fingerprint density at radius 1 is 1.31 bits per heavy atom. The Hall–Kier alpha value is -2.38. The van der Waals surface area contributed by atoms with Crippen molar-refractivity contribution in [2.24, 2.45) is 0 Å². The molecule has 0 aliphatic heterocycles. The van der Waals surface area contributed by atoms with Crippen LogP contribution in [0.25, 0.3) is 15.9 Å². The number of ether oxygens (including phenoxy) is 1. The van der Waals surface area contributed by atoms with Crippen LogP contribution in [0.3, 0.4) is 0 Å². The van der Waals surface area contributed by atoms with E-state index >= 15 is 0 Å². The van der Waals surface area contributed by atoms with Crippen LogP contribution in [-0.4, -0.2) is 46.8 Å². The Balaban J connectivity index is 1.94. The number of aryl methyl sites for hydroxylation is 1. The second-order valence-corrected chi connectivity index (χ2v) is 7.55. The van der Waals surface area contributed by atoms with E-state index < -0.39 is 12.1 Å². The molecule has 2 aromatic heterocycles. The second-order valence-electron chi connectivity index (χ2n) is 6.09. The number of nitrogens with zero attached hydrogens (tertiary/aromatic N) is 3. The third kappa shape index (κ3) is 3.45. The molecule has 1 amide bonds. The minimum atomic E-state index is -0.840. The summed E-state index contributed by atoms with van der Waals surface area (Å²) in [6, 6.07) is 9.09. The fourth-order valence-corrected chi connectivity index (χ4v) is 3.81. The van der Waals surface area contributed by atoms with Crippen LogP contribution in [0, 0.1) is 6.92 Å². The summed E-state index contributed by atoms with van der Waals surface area (Å²) in [7, 11) is 3.24. The molecule has 0 unspecified atom stereocenters. The number of carbonyl (C=O) groups excluding carboxylic acids is 2. The van der Waals surface area contributed by atoms with Gasteiger partial charge in [0.15, 0.2) is 6.10 Å². The summed E-state index contributed by atoms with van der Waals surface area (Å²) in [5, 5.41) is 6.01. The van der Waals surface area contributed by atoms with E-state index in [1.807, 2.05) is 25.1 Å². The highest BCUT2D eigenvalue weighted by atomic mass is 35.5. The van der Waals surface area contributed by atoms with Crippen LogP contribution in [0.4, 0.5) is 0 Å². The molecule has 3 rings (SSSR count). The molecule has 8 heteroatoms. The van der Waals surface area contributed by atoms with E-state index in [-0.39, 0.29) is 5.91 Å². The Labute approximate surface area is 159 Å². The molecule has 0 saturated carbocycles. The lowest BCUT2D eigenvalue weighted by atomic mass is 10.3. The standard InChI is InChI=1S/C18H18ClN3O3S/c1-10-14-9-15(18(24)25-11(2)16(23)21(3)4)26-17(14)22(20-10)13-7-5-6-12(19)8-13/h5-9,11H,1-4H3/t11-/m1/s1. The van der Waals surface area contributed by atoms with Crippen molar-refractivity contribution >= 4 is 45.0 Å². The fraction of sp³-hybridized carbons (Fsp3) is 0.278. The van der Waals surface area contributed by atoms with Crippen molar-refractivity contribution in [3.8, 4) is 5.69 Å². The molecule has 6 nitrogen and oxygen atoms in total. The third-order valence-electron chi connectivity index (χ3n) is 3.87. The molecule has 0 bridgehead atoms. The summed E-state index contributed by atoms with van der Waals surface area (Å²) >= 11 is 7.35. The lowest BCUT2D eigenvalue weighted by molar-refractivity contribution is -0.137. The molecule has 136 valence electrons. The molecule has 0 radical (unpaired) electrons. The van der Waals surface area contributed by atoms with E-state index in [0.29, 0.717) is 9.90 Å². The highest BCUT2D eigenvalue weighted by Crippen LogP contribution is 2.31. The molecule has 0 fully saturated rings. The first-order valence-electron chi connectivity index (χ1n) is 7.95. The number of hydrogen-bond donors (Lipinski definition) is 0. The van der Waals surface area contributed by atoms with E-state index in [1.165, 1.54) is 16.2 Å². The van der Waals surface area contributed by atoms with Crippen molar-refractivity contribution < 1.29 is 14.3 Å². The molecule has 0 N–H and O–H groups in total. The molecule has 2 heterocycles. The maximum atomic E-state index is 12.4. The van der Waals surface area contributed by atoms with Crippen LogP contribution in [0.1, 0.15) is 22.3 Å². The minimum absolute atomic E-state index is 0.263. The zero-order valence-corrected chi connectivity index (χ0v) is 16.4. The average molecular weight is 392 g/mol. The lowest BCUT2D eigenvalue weighted by Crippen LogP contribution is -2.34. The average Bonchev–Trinajstić information content (AvgIpc) is 3.15. The van der Waals surface area contributed by atoms with Gasteiger partial charge in [-0.15, -0.1) is 11.3 Å². The van der Waals surface area contributed by atoms with Gasteiger partial charge in [0.25, 0.3) is 5.91 Å². The van der Waals surface area contributed by atoms with Crippen molar-refractivity contribution in [1.29, 1.82) is 0 Å². The van der Waals surface area contributed by atoms with Gasteiger partial charge in [-0.3, -0.25) is 4.79 Å². The van der Waals surface area contributed by atoms with Crippen LogP contribution in [0.2, 0.25) is 5.02 Å². The fourth-order valence-electron chi connectivity index (χ4n) is 2.56. The molecule has 1 aromatic carbocycles. The topological polar surface area (TPSA) is 64.4 Å². The molecule has 0 aliphatic carbocycles. The number of hydrogen-bond acceptors (Lipinski definition) is 5. The first kappa shape index (κ1) is 18.4. The van der Waals surface area contributed by atoms with Gasteiger partial charge in [0.2, 0.25) is 0 Å². The predicted molar refractivity (Wildman–Crippen MR) is 102 cm³/mol. The number of likely N-dealkylation sites (N-methyl/N-ethyl adjacent to an activating group) is 1. The number of amides is 1. The maximum absolute atomic E-state index is 12.4. The highest BCUT2D eigenvalue weighted by Gasteiger charge is 2.23. The Morgan fingerprint density at radius 2 is 2.04 bits per heavy atom. The van der Waals surface area contributed by atoms with Crippen molar-refractivity contribution in [2.45, 2.75) is 20.0 Å². The van der Waals surface area contributed by atoms with Gasteiger partial charge in [0, 0.05) is 24.5 Å². The summed E-state index contributed by atoms with van der Waals surface area (Å²) in [5.41, 5.74) is 1.61. The largest absolute Gasteiger partial charge is 0.448 e. The number of carbonyl (C=O) groups is 2. The molecule has 0 saturated heterocycles. The van der Waals surface area contributed by atoms with Crippen molar-refractivity contribution in [1.82, 2.24) is 14.7 Å². The van der Waals surface area contributed by atoms with Gasteiger partial charge in [-0.25, -0.2) is 9.48 Å². The third-order valence-corrected chi connectivity index (χ3v) is 5.20. The monoisotopic (exact) mass is 391 g/mol. The molecule has 3 aromatic rings. The van der Waals surface area contributed by atoms with E-state index in [9.17, 15) is 9.59 Å². The molecular weight excluding hydrogens is 374 g/mol. The smallest absolute Gasteiger partial charge is 0.349 e. The number of esters is 1. The number of rotatable bonds is 4. The summed E-state index contributed by atoms with van der Waals surface area (Å²) in [6.45, 7) is 3.44. The van der Waals surface area contributed by atoms with Gasteiger partial charge in [0.05, 0.1) is 11.4 Å². The number of fused-ring (bicyclic) bond motifs is 1. The second kappa shape index (κ2) is 7.09. The quantitative estimate of drug-likeness (QED) is 0.636. The van der Waals surface area contributed by atoms with E-state index in [2.05, 4.69) is 5.10 Å². The summed E-state index contributed by atoms with van der Waals surface area (Å²) < 4.78 is 7.05. The zero-order chi connectivity index (χ0) is 19.0. The highest BCUT2D eigenvalue weighted by molar-refractivity contribution is 7.20. The van der Waals surface area contributed by atoms with Crippen molar-refractivity contribution in [2.75, 3.05) is 14.1 Å². The summed E-state index contributed by atoms with van der Waals surface area (Å²) in [4.78, 5) is 27.0. The van der Waals surface area contributed by atoms with Crippen LogP contribution < -0.4 is 0 Å². The maximum Gasteiger partial charge on any atom is 0.349 e. The van der Waals surface area contributed by atoms with Crippen LogP contribution in [0.15, 0.2) is 30.3 Å². The molecule has 0 spiro atoms. The Morgan fingerprint density at radius 3 is 2.69 bits per heavy atom. The molecular formula is C18H18ClN3O3S. The lowest BCUT2D eigenvalue weighted by Gasteiger charge is -2.16. The van der Waals surface area contributed by atoms with Crippen LogP contribution in [0.5, 0.6) is 0 Å². The minimum Gasteiger partial charge on any atom is -0.448 e. The normalized spacial score (nSPS) is 12.2. The summed E-state index contributed by atoms with van der Waals surface area (Å²) in [5.74, 6) is -0.785. The van der Waals surface area contributed by atoms with E-state index in [1.54, 1.807) is 37.8 Å². The number of thiophene rings is 1. The number of benzene rings is 1.